The molecule has 0 radical (unpaired) electrons. The van der Waals surface area contributed by atoms with Crippen molar-refractivity contribution in [2.45, 2.75) is 184 Å². The first kappa shape index (κ1) is 48.1. The summed E-state index contributed by atoms with van der Waals surface area (Å²) in [7, 11) is 0. The first-order valence-electron chi connectivity index (χ1n) is 23.0. The van der Waals surface area contributed by atoms with Crippen molar-refractivity contribution in [3.63, 3.8) is 0 Å². The van der Waals surface area contributed by atoms with E-state index in [2.05, 4.69) is 99.4 Å². The Kier molecular flexibility index (Phi) is 19.5. The fraction of sp³-hybridized carbons (Fsp3) is 0.640. The van der Waals surface area contributed by atoms with E-state index in [1.54, 1.807) is 34.0 Å². The van der Waals surface area contributed by atoms with Crippen molar-refractivity contribution in [2.24, 2.45) is 23.7 Å². The van der Waals surface area contributed by atoms with Gasteiger partial charge in [0.15, 0.2) is 11.6 Å². The second kappa shape index (κ2) is 23.5. The number of hydrogen-bond donors (Lipinski definition) is 0. The van der Waals surface area contributed by atoms with Crippen LogP contribution in [0.5, 0.6) is 0 Å². The molecule has 0 N–H and O–H groups in total. The number of thiophene rings is 4. The molecule has 4 heterocycles. The molecule has 4 aromatic rings. The topological polar surface area (TPSA) is 34.1 Å². The van der Waals surface area contributed by atoms with Crippen LogP contribution in [0.3, 0.4) is 0 Å². The van der Waals surface area contributed by atoms with Crippen molar-refractivity contribution < 1.29 is 9.59 Å². The Morgan fingerprint density at radius 3 is 1.09 bits per heavy atom. The molecule has 0 bridgehead atoms. The van der Waals surface area contributed by atoms with Gasteiger partial charge in [-0.2, -0.15) is 0 Å². The molecule has 320 valence electrons. The van der Waals surface area contributed by atoms with E-state index in [0.717, 1.165) is 99.3 Å². The van der Waals surface area contributed by atoms with Crippen LogP contribution in [-0.4, -0.2) is 11.6 Å². The average molecular weight is 991 g/mol. The molecule has 4 unspecified atom stereocenters. The molecule has 0 spiro atoms. The quantitative estimate of drug-likeness (QED) is 0.0553. The average Bonchev–Trinajstić information content (AvgIpc) is 4.00. The Balaban J connectivity index is 1.70. The second-order valence-electron chi connectivity index (χ2n) is 17.2. The van der Waals surface area contributed by atoms with E-state index in [-0.39, 0.29) is 11.6 Å². The predicted molar refractivity (Wildman–Crippen MR) is 266 cm³/mol. The third kappa shape index (κ3) is 11.4. The van der Waals surface area contributed by atoms with Gasteiger partial charge in [-0.05, 0) is 104 Å². The predicted octanol–water partition coefficient (Wildman–Crippen LogP) is 18.6. The molecular weight excluding hydrogens is 921 g/mol. The standard InChI is InChI=1S/C50H70Br2O2S4/c1-9-17-21-31(13-5)25-35-29-39(56-49(35)51)47-43-44(48(58-47)40-30-36(50(52)57-40)26-32(14-6)22-18-10-2)46(54)42-38(28-34(16-8)24-20-12-4)55-37(41(42)45(43)53)27-33(15-7)23-19-11-3/h29-34H,9-28H2,1-8H3. The molecule has 0 amide bonds. The molecule has 4 aromatic heterocycles. The highest BCUT2D eigenvalue weighted by atomic mass is 79.9. The van der Waals surface area contributed by atoms with E-state index in [4.69, 9.17) is 0 Å². The first-order valence-corrected chi connectivity index (χ1v) is 27.9. The van der Waals surface area contributed by atoms with Crippen molar-refractivity contribution in [3.8, 4) is 19.5 Å². The highest BCUT2D eigenvalue weighted by Gasteiger charge is 2.42. The molecule has 5 rings (SSSR count). The number of carbonyl (C=O) groups is 2. The minimum Gasteiger partial charge on any atom is -0.288 e. The van der Waals surface area contributed by atoms with Crippen LogP contribution in [0.2, 0.25) is 0 Å². The molecule has 0 saturated heterocycles. The SMILES string of the molecule is CCCCC(CC)Cc1cc(-c2sc(-c3cc(CC(CC)CCCC)c(Br)s3)c3c2C(=O)c2c(CC(CC)CCCC)sc(CC(CC)CCCC)c2C3=O)sc1Br. The van der Waals surface area contributed by atoms with Gasteiger partial charge in [0, 0.05) is 30.6 Å². The Morgan fingerprint density at radius 2 is 0.776 bits per heavy atom. The lowest BCUT2D eigenvalue weighted by Gasteiger charge is -2.19. The van der Waals surface area contributed by atoms with Gasteiger partial charge in [0.1, 0.15) is 0 Å². The van der Waals surface area contributed by atoms with E-state index in [0.29, 0.717) is 34.8 Å². The lowest BCUT2D eigenvalue weighted by Crippen LogP contribution is -2.22. The molecule has 0 aromatic carbocycles. The number of ketones is 2. The summed E-state index contributed by atoms with van der Waals surface area (Å²) < 4.78 is 2.32. The van der Waals surface area contributed by atoms with Gasteiger partial charge in [-0.15, -0.1) is 45.3 Å². The number of unbranched alkanes of at least 4 members (excludes halogenated alkanes) is 4. The van der Waals surface area contributed by atoms with E-state index in [1.807, 2.05) is 11.3 Å². The van der Waals surface area contributed by atoms with Gasteiger partial charge in [0.05, 0.1) is 28.5 Å². The Morgan fingerprint density at radius 1 is 0.448 bits per heavy atom. The zero-order chi connectivity index (χ0) is 41.9. The summed E-state index contributed by atoms with van der Waals surface area (Å²) in [5, 5.41) is 0. The van der Waals surface area contributed by atoms with Crippen LogP contribution < -0.4 is 0 Å². The molecule has 0 saturated carbocycles. The van der Waals surface area contributed by atoms with Gasteiger partial charge in [-0.3, -0.25) is 9.59 Å². The van der Waals surface area contributed by atoms with Crippen LogP contribution in [0.15, 0.2) is 19.7 Å². The van der Waals surface area contributed by atoms with Gasteiger partial charge in [0.2, 0.25) is 0 Å². The van der Waals surface area contributed by atoms with Gasteiger partial charge in [-0.25, -0.2) is 0 Å². The van der Waals surface area contributed by atoms with Crippen LogP contribution >= 0.6 is 77.2 Å². The third-order valence-electron chi connectivity index (χ3n) is 13.0. The highest BCUT2D eigenvalue weighted by Crippen LogP contribution is 2.53. The second-order valence-corrected chi connectivity index (χ2v) is 24.1. The maximum Gasteiger partial charge on any atom is 0.197 e. The molecule has 0 fully saturated rings. The Labute approximate surface area is 385 Å². The third-order valence-corrected chi connectivity index (χ3v) is 19.7. The summed E-state index contributed by atoms with van der Waals surface area (Å²) in [5.74, 6) is 2.49. The molecular formula is C50H70Br2O2S4. The zero-order valence-corrected chi connectivity index (χ0v) is 43.2. The minimum absolute atomic E-state index is 0.0912. The zero-order valence-electron chi connectivity index (χ0n) is 36.8. The fourth-order valence-electron chi connectivity index (χ4n) is 8.99. The lowest BCUT2D eigenvalue weighted by atomic mass is 9.81. The number of halogens is 2. The number of hydrogen-bond acceptors (Lipinski definition) is 6. The number of fused-ring (bicyclic) bond motifs is 2. The van der Waals surface area contributed by atoms with Crippen LogP contribution in [0.1, 0.15) is 211 Å². The van der Waals surface area contributed by atoms with Crippen molar-refractivity contribution in [1.82, 2.24) is 0 Å². The summed E-state index contributed by atoms with van der Waals surface area (Å²) in [6.07, 6.45) is 22.9. The van der Waals surface area contributed by atoms with Crippen molar-refractivity contribution >= 4 is 88.8 Å². The van der Waals surface area contributed by atoms with Gasteiger partial charge >= 0.3 is 0 Å². The molecule has 1 aliphatic rings. The largest absolute Gasteiger partial charge is 0.288 e. The minimum atomic E-state index is 0.0912. The highest BCUT2D eigenvalue weighted by molar-refractivity contribution is 9.11. The van der Waals surface area contributed by atoms with Crippen LogP contribution in [-0.2, 0) is 25.7 Å². The molecule has 4 atom stereocenters. The summed E-state index contributed by atoms with van der Waals surface area (Å²) in [4.78, 5) is 37.7. The van der Waals surface area contributed by atoms with Crippen molar-refractivity contribution in [1.29, 1.82) is 0 Å². The number of carbonyl (C=O) groups excluding carboxylic acids is 2. The van der Waals surface area contributed by atoms with Gasteiger partial charge in [-0.1, -0.05) is 158 Å². The maximum atomic E-state index is 15.6. The summed E-state index contributed by atoms with van der Waals surface area (Å²) in [6.45, 7) is 18.3. The van der Waals surface area contributed by atoms with E-state index >= 15 is 9.59 Å². The van der Waals surface area contributed by atoms with Gasteiger partial charge < -0.3 is 0 Å². The van der Waals surface area contributed by atoms with Crippen LogP contribution in [0.4, 0.5) is 0 Å². The van der Waals surface area contributed by atoms with E-state index in [1.165, 1.54) is 88.2 Å². The number of rotatable bonds is 26. The molecule has 1 aliphatic carbocycles. The fourth-order valence-corrected chi connectivity index (χ4v) is 15.5. The van der Waals surface area contributed by atoms with E-state index in [9.17, 15) is 0 Å². The Hall–Kier alpha value is -0.900. The Bertz CT molecular complexity index is 1810. The molecule has 8 heteroatoms. The maximum absolute atomic E-state index is 15.6. The van der Waals surface area contributed by atoms with E-state index < -0.39 is 0 Å². The van der Waals surface area contributed by atoms with Crippen LogP contribution in [0.25, 0.3) is 19.5 Å². The monoisotopic (exact) mass is 988 g/mol. The summed E-state index contributed by atoms with van der Waals surface area (Å²) in [5.41, 5.74) is 5.50. The van der Waals surface area contributed by atoms with Gasteiger partial charge in [0.25, 0.3) is 0 Å². The van der Waals surface area contributed by atoms with Crippen molar-refractivity contribution in [3.05, 3.63) is 62.8 Å². The first-order chi connectivity index (χ1) is 28.1. The molecule has 2 nitrogen and oxygen atoms in total. The normalized spacial score (nSPS) is 14.9. The summed E-state index contributed by atoms with van der Waals surface area (Å²) in [6, 6.07) is 4.69. The smallest absolute Gasteiger partial charge is 0.197 e. The summed E-state index contributed by atoms with van der Waals surface area (Å²) >= 11 is 15.0. The molecule has 0 aliphatic heterocycles. The van der Waals surface area contributed by atoms with Crippen LogP contribution in [0, 0.1) is 23.7 Å². The molecule has 58 heavy (non-hydrogen) atoms. The van der Waals surface area contributed by atoms with Crippen molar-refractivity contribution in [2.75, 3.05) is 0 Å². The lowest BCUT2D eigenvalue weighted by molar-refractivity contribution is 0.0980.